The van der Waals surface area contributed by atoms with E-state index in [-0.39, 0.29) is 6.04 Å². The number of hydrogen-bond acceptors (Lipinski definition) is 5. The molecule has 7 heteroatoms. The molecule has 0 N–H and O–H groups in total. The zero-order valence-corrected chi connectivity index (χ0v) is 16.0. The first kappa shape index (κ1) is 17.5. The van der Waals surface area contributed by atoms with Crippen molar-refractivity contribution in [1.29, 1.82) is 0 Å². The smallest absolute Gasteiger partial charge is 0.154 e. The van der Waals surface area contributed by atoms with Gasteiger partial charge in [0.1, 0.15) is 5.82 Å². The third kappa shape index (κ3) is 4.08. The van der Waals surface area contributed by atoms with Crippen LogP contribution in [-0.4, -0.2) is 59.2 Å². The zero-order valence-electron chi connectivity index (χ0n) is 15.2. The third-order valence-electron chi connectivity index (χ3n) is 6.10. The Balaban J connectivity index is 1.43. The molecule has 2 aliphatic carbocycles. The van der Waals surface area contributed by atoms with Gasteiger partial charge in [-0.15, -0.1) is 0 Å². The zero-order chi connectivity index (χ0) is 17.4. The molecule has 0 bridgehead atoms. The van der Waals surface area contributed by atoms with Crippen LogP contribution in [-0.2, 0) is 16.3 Å². The molecule has 1 saturated heterocycles. The van der Waals surface area contributed by atoms with Gasteiger partial charge in [0.25, 0.3) is 0 Å². The highest BCUT2D eigenvalue weighted by molar-refractivity contribution is 7.91. The highest BCUT2D eigenvalue weighted by atomic mass is 32.2. The Hall–Kier alpha value is -0.950. The van der Waals surface area contributed by atoms with Gasteiger partial charge in [-0.1, -0.05) is 19.3 Å². The quantitative estimate of drug-likeness (QED) is 0.773. The third-order valence-corrected chi connectivity index (χ3v) is 7.85. The average Bonchev–Trinajstić information content (AvgIpc) is 3.26. The first-order valence-corrected chi connectivity index (χ1v) is 11.7. The van der Waals surface area contributed by atoms with Crippen LogP contribution in [0.4, 0.5) is 0 Å². The van der Waals surface area contributed by atoms with E-state index < -0.39 is 9.84 Å². The summed E-state index contributed by atoms with van der Waals surface area (Å²) >= 11 is 0. The summed E-state index contributed by atoms with van der Waals surface area (Å²) < 4.78 is 25.7. The van der Waals surface area contributed by atoms with Crippen LogP contribution in [0.5, 0.6) is 0 Å². The second kappa shape index (κ2) is 6.99. The van der Waals surface area contributed by atoms with E-state index in [1.54, 1.807) is 0 Å². The van der Waals surface area contributed by atoms with E-state index in [4.69, 9.17) is 10.1 Å². The summed E-state index contributed by atoms with van der Waals surface area (Å²) in [7, 11) is -0.772. The Morgan fingerprint density at radius 3 is 2.52 bits per heavy atom. The predicted molar refractivity (Wildman–Crippen MR) is 97.5 cm³/mol. The topological polar surface area (TPSA) is 68.1 Å². The molecule has 0 aromatic carbocycles. The van der Waals surface area contributed by atoms with Crippen LogP contribution in [0.2, 0.25) is 0 Å². The van der Waals surface area contributed by atoms with Gasteiger partial charge in [0.15, 0.2) is 15.7 Å². The van der Waals surface area contributed by atoms with Crippen molar-refractivity contribution in [2.24, 2.45) is 0 Å². The molecule has 0 radical (unpaired) electrons. The van der Waals surface area contributed by atoms with Gasteiger partial charge in [0.2, 0.25) is 0 Å². The van der Waals surface area contributed by atoms with E-state index in [0.29, 0.717) is 23.5 Å². The van der Waals surface area contributed by atoms with Crippen molar-refractivity contribution in [1.82, 2.24) is 19.7 Å². The van der Waals surface area contributed by atoms with Gasteiger partial charge >= 0.3 is 0 Å². The standard InChI is InChI=1S/C18H30N4O2S/c1-21(16-10-12-25(23,24)13-16)11-9-17-19-18(14-7-8-14)20-22(17)15-5-3-2-4-6-15/h14-16H,2-13H2,1H3. The van der Waals surface area contributed by atoms with Crippen molar-refractivity contribution in [3.05, 3.63) is 11.6 Å². The first-order chi connectivity index (χ1) is 12.0. The fourth-order valence-corrected chi connectivity index (χ4v) is 6.06. The van der Waals surface area contributed by atoms with Crippen LogP contribution in [0, 0.1) is 0 Å². The van der Waals surface area contributed by atoms with E-state index in [1.807, 2.05) is 0 Å². The lowest BCUT2D eigenvalue weighted by molar-refractivity contribution is 0.257. The number of sulfone groups is 1. The van der Waals surface area contributed by atoms with E-state index in [0.717, 1.165) is 31.0 Å². The van der Waals surface area contributed by atoms with Gasteiger partial charge in [-0.2, -0.15) is 5.10 Å². The van der Waals surface area contributed by atoms with Crippen molar-refractivity contribution in [2.45, 2.75) is 75.8 Å². The lowest BCUT2D eigenvalue weighted by Gasteiger charge is -2.25. The molecule has 3 fully saturated rings. The van der Waals surface area contributed by atoms with Crippen molar-refractivity contribution in [3.63, 3.8) is 0 Å². The second-order valence-electron chi connectivity index (χ2n) is 8.18. The number of hydrogen-bond donors (Lipinski definition) is 0. The van der Waals surface area contributed by atoms with Gasteiger partial charge in [-0.05, 0) is 39.2 Å². The fraction of sp³-hybridized carbons (Fsp3) is 0.889. The lowest BCUT2D eigenvalue weighted by Crippen LogP contribution is -2.34. The maximum absolute atomic E-state index is 11.7. The van der Waals surface area contributed by atoms with Gasteiger partial charge < -0.3 is 4.90 Å². The van der Waals surface area contributed by atoms with Gasteiger partial charge in [-0.3, -0.25) is 0 Å². The number of nitrogens with zero attached hydrogens (tertiary/aromatic N) is 4. The Morgan fingerprint density at radius 1 is 1.12 bits per heavy atom. The highest BCUT2D eigenvalue weighted by Gasteiger charge is 2.32. The van der Waals surface area contributed by atoms with Crippen molar-refractivity contribution < 1.29 is 8.42 Å². The molecule has 25 heavy (non-hydrogen) atoms. The maximum Gasteiger partial charge on any atom is 0.154 e. The summed E-state index contributed by atoms with van der Waals surface area (Å²) in [6.07, 6.45) is 10.5. The van der Waals surface area contributed by atoms with Crippen LogP contribution in [0.25, 0.3) is 0 Å². The molecule has 2 heterocycles. The SMILES string of the molecule is CN(CCc1nc(C2CC2)nn1C1CCCCC1)C1CCS(=O)(=O)C1. The van der Waals surface area contributed by atoms with E-state index in [9.17, 15) is 8.42 Å². The van der Waals surface area contributed by atoms with E-state index in [2.05, 4.69) is 16.6 Å². The molecular weight excluding hydrogens is 336 g/mol. The first-order valence-electron chi connectivity index (χ1n) is 9.88. The Labute approximate surface area is 150 Å². The minimum atomic E-state index is -2.82. The number of likely N-dealkylation sites (N-methyl/N-ethyl adjacent to an activating group) is 1. The summed E-state index contributed by atoms with van der Waals surface area (Å²) in [5.41, 5.74) is 0. The molecule has 1 aromatic heterocycles. The fourth-order valence-electron chi connectivity index (χ4n) is 4.26. The number of rotatable bonds is 6. The molecule has 2 saturated carbocycles. The molecule has 1 atom stereocenters. The van der Waals surface area contributed by atoms with Crippen LogP contribution in [0.15, 0.2) is 0 Å². The van der Waals surface area contributed by atoms with Gasteiger partial charge in [0, 0.05) is 24.9 Å². The summed E-state index contributed by atoms with van der Waals surface area (Å²) in [6, 6.07) is 0.680. The minimum absolute atomic E-state index is 0.166. The molecule has 6 nitrogen and oxygen atoms in total. The molecule has 0 amide bonds. The maximum atomic E-state index is 11.7. The summed E-state index contributed by atoms with van der Waals surface area (Å²) in [4.78, 5) is 7.09. The monoisotopic (exact) mass is 366 g/mol. The molecular formula is C18H30N4O2S. The molecule has 0 spiro atoms. The minimum Gasteiger partial charge on any atom is -0.302 e. The predicted octanol–water partition coefficient (Wildman–Crippen LogP) is 2.32. The molecule has 1 unspecified atom stereocenters. The largest absolute Gasteiger partial charge is 0.302 e. The van der Waals surface area contributed by atoms with Crippen LogP contribution in [0.1, 0.15) is 75.0 Å². The Bertz CT molecular complexity index is 705. The second-order valence-corrected chi connectivity index (χ2v) is 10.4. The summed E-state index contributed by atoms with van der Waals surface area (Å²) in [5, 5.41) is 4.89. The average molecular weight is 367 g/mol. The normalized spacial score (nSPS) is 27.2. The van der Waals surface area contributed by atoms with Gasteiger partial charge in [-0.25, -0.2) is 18.1 Å². The van der Waals surface area contributed by atoms with Gasteiger partial charge in [0.05, 0.1) is 17.5 Å². The van der Waals surface area contributed by atoms with Crippen molar-refractivity contribution in [2.75, 3.05) is 25.1 Å². The summed E-state index contributed by atoms with van der Waals surface area (Å²) in [5.74, 6) is 3.40. The molecule has 1 aromatic rings. The highest BCUT2D eigenvalue weighted by Crippen LogP contribution is 2.39. The molecule has 140 valence electrons. The van der Waals surface area contributed by atoms with Crippen LogP contribution in [0.3, 0.4) is 0 Å². The van der Waals surface area contributed by atoms with E-state index >= 15 is 0 Å². The van der Waals surface area contributed by atoms with Crippen molar-refractivity contribution in [3.8, 4) is 0 Å². The van der Waals surface area contributed by atoms with Crippen LogP contribution >= 0.6 is 0 Å². The van der Waals surface area contributed by atoms with Crippen molar-refractivity contribution >= 4 is 9.84 Å². The molecule has 1 aliphatic heterocycles. The number of aromatic nitrogens is 3. The van der Waals surface area contributed by atoms with E-state index in [1.165, 1.54) is 44.9 Å². The Kier molecular flexibility index (Phi) is 4.88. The lowest BCUT2D eigenvalue weighted by atomic mass is 9.95. The molecule has 4 rings (SSSR count). The Morgan fingerprint density at radius 2 is 1.88 bits per heavy atom. The van der Waals surface area contributed by atoms with Crippen LogP contribution < -0.4 is 0 Å². The summed E-state index contributed by atoms with van der Waals surface area (Å²) in [6.45, 7) is 0.857. The molecule has 3 aliphatic rings.